The third-order valence-corrected chi connectivity index (χ3v) is 4.26. The molecular formula is C16H18F3NS. The molecule has 1 unspecified atom stereocenters. The van der Waals surface area contributed by atoms with E-state index in [1.165, 1.54) is 21.9 Å². The first-order valence-corrected chi connectivity index (χ1v) is 7.61. The van der Waals surface area contributed by atoms with E-state index < -0.39 is 11.7 Å². The Morgan fingerprint density at radius 3 is 2.29 bits per heavy atom. The second-order valence-corrected chi connectivity index (χ2v) is 6.57. The topological polar surface area (TPSA) is 12.0 Å². The fraction of sp³-hybridized carbons (Fsp3) is 0.375. The van der Waals surface area contributed by atoms with E-state index in [0.717, 1.165) is 24.1 Å². The van der Waals surface area contributed by atoms with Gasteiger partial charge < -0.3 is 5.32 Å². The molecule has 21 heavy (non-hydrogen) atoms. The van der Waals surface area contributed by atoms with Gasteiger partial charge in [-0.15, -0.1) is 11.3 Å². The lowest BCUT2D eigenvalue weighted by Crippen LogP contribution is -2.27. The number of thiophene rings is 1. The van der Waals surface area contributed by atoms with Crippen molar-refractivity contribution in [2.75, 3.05) is 0 Å². The van der Waals surface area contributed by atoms with Gasteiger partial charge in [-0.05, 0) is 50.1 Å². The third kappa shape index (κ3) is 4.86. The summed E-state index contributed by atoms with van der Waals surface area (Å²) >= 11 is 1.78. The molecule has 1 aromatic carbocycles. The number of rotatable bonds is 5. The van der Waals surface area contributed by atoms with Gasteiger partial charge in [-0.2, -0.15) is 13.2 Å². The molecule has 0 aliphatic carbocycles. The minimum atomic E-state index is -4.27. The van der Waals surface area contributed by atoms with E-state index in [1.54, 1.807) is 11.3 Å². The van der Waals surface area contributed by atoms with Crippen molar-refractivity contribution in [2.45, 2.75) is 39.0 Å². The molecule has 0 radical (unpaired) electrons. The summed E-state index contributed by atoms with van der Waals surface area (Å²) in [7, 11) is 0. The highest BCUT2D eigenvalue weighted by atomic mass is 32.1. The highest BCUT2D eigenvalue weighted by molar-refractivity contribution is 7.11. The molecule has 1 heterocycles. The van der Waals surface area contributed by atoms with Crippen LogP contribution in [0.4, 0.5) is 13.2 Å². The van der Waals surface area contributed by atoms with Crippen LogP contribution >= 0.6 is 11.3 Å². The normalized spacial score (nSPS) is 13.4. The predicted octanol–water partition coefficient (Wildman–Crippen LogP) is 4.80. The van der Waals surface area contributed by atoms with Crippen LogP contribution < -0.4 is 5.32 Å². The van der Waals surface area contributed by atoms with Crippen LogP contribution in [0.3, 0.4) is 0 Å². The van der Waals surface area contributed by atoms with Crippen molar-refractivity contribution in [3.05, 3.63) is 57.3 Å². The molecule has 2 rings (SSSR count). The van der Waals surface area contributed by atoms with E-state index in [4.69, 9.17) is 0 Å². The maximum Gasteiger partial charge on any atom is 0.416 e. The average molecular weight is 313 g/mol. The first kappa shape index (κ1) is 16.0. The van der Waals surface area contributed by atoms with Gasteiger partial charge >= 0.3 is 6.18 Å². The van der Waals surface area contributed by atoms with Crippen LogP contribution in [0.1, 0.15) is 27.8 Å². The van der Waals surface area contributed by atoms with Crippen LogP contribution in [0.15, 0.2) is 36.4 Å². The van der Waals surface area contributed by atoms with Crippen LogP contribution in [0.2, 0.25) is 0 Å². The zero-order valence-electron chi connectivity index (χ0n) is 12.0. The summed E-state index contributed by atoms with van der Waals surface area (Å²) in [6, 6.07) is 9.81. The highest BCUT2D eigenvalue weighted by Gasteiger charge is 2.29. The van der Waals surface area contributed by atoms with Crippen molar-refractivity contribution in [3.63, 3.8) is 0 Å². The summed E-state index contributed by atoms with van der Waals surface area (Å²) in [4.78, 5) is 2.61. The molecule has 0 aliphatic heterocycles. The van der Waals surface area contributed by atoms with Crippen LogP contribution in [0.5, 0.6) is 0 Å². The number of benzene rings is 1. The molecule has 0 fully saturated rings. The first-order chi connectivity index (χ1) is 9.84. The Morgan fingerprint density at radius 2 is 1.76 bits per heavy atom. The van der Waals surface area contributed by atoms with Gasteiger partial charge in [0.2, 0.25) is 0 Å². The van der Waals surface area contributed by atoms with Crippen LogP contribution in [-0.2, 0) is 19.1 Å². The molecule has 1 N–H and O–H groups in total. The fourth-order valence-corrected chi connectivity index (χ4v) is 3.09. The van der Waals surface area contributed by atoms with Gasteiger partial charge in [0.05, 0.1) is 5.56 Å². The summed E-state index contributed by atoms with van der Waals surface area (Å²) in [6.07, 6.45) is -3.34. The Balaban J connectivity index is 1.85. The van der Waals surface area contributed by atoms with Crippen LogP contribution in [0.25, 0.3) is 0 Å². The van der Waals surface area contributed by atoms with Crippen molar-refractivity contribution in [1.29, 1.82) is 0 Å². The zero-order chi connectivity index (χ0) is 15.5. The molecule has 0 aliphatic rings. The molecule has 1 nitrogen and oxygen atoms in total. The summed E-state index contributed by atoms with van der Waals surface area (Å²) < 4.78 is 37.4. The number of alkyl halides is 3. The van der Waals surface area contributed by atoms with Crippen molar-refractivity contribution in [2.24, 2.45) is 0 Å². The van der Waals surface area contributed by atoms with Crippen molar-refractivity contribution < 1.29 is 13.2 Å². The van der Waals surface area contributed by atoms with E-state index in [-0.39, 0.29) is 6.04 Å². The first-order valence-electron chi connectivity index (χ1n) is 6.79. The molecule has 0 saturated carbocycles. The van der Waals surface area contributed by atoms with Crippen LogP contribution in [0, 0.1) is 6.92 Å². The number of hydrogen-bond acceptors (Lipinski definition) is 2. The lowest BCUT2D eigenvalue weighted by Gasteiger charge is -2.13. The van der Waals surface area contributed by atoms with Gasteiger partial charge in [0.1, 0.15) is 0 Å². The molecular weight excluding hydrogens is 295 g/mol. The molecule has 0 spiro atoms. The quantitative estimate of drug-likeness (QED) is 0.836. The standard InChI is InChI=1S/C16H18F3NS/c1-11(9-15-8-3-12(2)21-15)20-10-13-4-6-14(7-5-13)16(17,18)19/h3-8,11,20H,9-10H2,1-2H3. The van der Waals surface area contributed by atoms with Gasteiger partial charge in [0, 0.05) is 22.3 Å². The van der Waals surface area contributed by atoms with E-state index in [9.17, 15) is 13.2 Å². The molecule has 5 heteroatoms. The number of halogens is 3. The summed E-state index contributed by atoms with van der Waals surface area (Å²) in [6.45, 7) is 4.73. The number of hydrogen-bond donors (Lipinski definition) is 1. The van der Waals surface area contributed by atoms with Crippen molar-refractivity contribution in [3.8, 4) is 0 Å². The lowest BCUT2D eigenvalue weighted by atomic mass is 10.1. The number of nitrogens with one attached hydrogen (secondary N) is 1. The van der Waals surface area contributed by atoms with Gasteiger partial charge in [-0.3, -0.25) is 0 Å². The van der Waals surface area contributed by atoms with E-state index in [1.807, 2.05) is 0 Å². The second kappa shape index (κ2) is 6.62. The summed E-state index contributed by atoms with van der Waals surface area (Å²) in [5.74, 6) is 0. The Hall–Kier alpha value is -1.33. The van der Waals surface area contributed by atoms with Crippen LogP contribution in [-0.4, -0.2) is 6.04 Å². The van der Waals surface area contributed by atoms with E-state index in [0.29, 0.717) is 6.54 Å². The van der Waals surface area contributed by atoms with Gasteiger partial charge in [-0.25, -0.2) is 0 Å². The van der Waals surface area contributed by atoms with Crippen molar-refractivity contribution in [1.82, 2.24) is 5.32 Å². The maximum atomic E-state index is 12.5. The SMILES string of the molecule is Cc1ccc(CC(C)NCc2ccc(C(F)(F)F)cc2)s1. The average Bonchev–Trinajstić information content (AvgIpc) is 2.81. The predicted molar refractivity (Wildman–Crippen MR) is 80.5 cm³/mol. The highest BCUT2D eigenvalue weighted by Crippen LogP contribution is 2.29. The molecule has 1 aromatic heterocycles. The molecule has 0 amide bonds. The fourth-order valence-electron chi connectivity index (χ4n) is 2.07. The Kier molecular flexibility index (Phi) is 5.06. The van der Waals surface area contributed by atoms with E-state index >= 15 is 0 Å². The minimum absolute atomic E-state index is 0.283. The Morgan fingerprint density at radius 1 is 1.10 bits per heavy atom. The number of aryl methyl sites for hydroxylation is 1. The lowest BCUT2D eigenvalue weighted by molar-refractivity contribution is -0.137. The van der Waals surface area contributed by atoms with Gasteiger partial charge in [-0.1, -0.05) is 12.1 Å². The molecule has 114 valence electrons. The van der Waals surface area contributed by atoms with Gasteiger partial charge in [0.15, 0.2) is 0 Å². The minimum Gasteiger partial charge on any atom is -0.310 e. The molecule has 1 atom stereocenters. The monoisotopic (exact) mass is 313 g/mol. The van der Waals surface area contributed by atoms with Crippen molar-refractivity contribution >= 4 is 11.3 Å². The largest absolute Gasteiger partial charge is 0.416 e. The maximum absolute atomic E-state index is 12.5. The second-order valence-electron chi connectivity index (χ2n) is 5.19. The molecule has 0 bridgehead atoms. The smallest absolute Gasteiger partial charge is 0.310 e. The van der Waals surface area contributed by atoms with Gasteiger partial charge in [0.25, 0.3) is 0 Å². The zero-order valence-corrected chi connectivity index (χ0v) is 12.8. The third-order valence-electron chi connectivity index (χ3n) is 3.24. The molecule has 0 saturated heterocycles. The van der Waals surface area contributed by atoms with E-state index in [2.05, 4.69) is 31.3 Å². The Labute approximate surface area is 126 Å². The summed E-state index contributed by atoms with van der Waals surface area (Å²) in [5.41, 5.74) is 0.255. The summed E-state index contributed by atoms with van der Waals surface area (Å²) in [5, 5.41) is 3.34. The Bertz CT molecular complexity index is 572. The molecule has 2 aromatic rings.